The largest absolute Gasteiger partial charge is 0.382 e. The van der Waals surface area contributed by atoms with Gasteiger partial charge in [-0.2, -0.15) is 4.98 Å². The first-order valence-electron chi connectivity index (χ1n) is 8.88. The lowest BCUT2D eigenvalue weighted by atomic mass is 9.95. The lowest BCUT2D eigenvalue weighted by Gasteiger charge is -2.32. The Labute approximate surface area is 146 Å². The van der Waals surface area contributed by atoms with Crippen molar-refractivity contribution in [1.82, 2.24) is 20.4 Å². The Hall–Kier alpha value is -2.22. The Bertz CT molecular complexity index is 709. The van der Waals surface area contributed by atoms with Gasteiger partial charge in [-0.25, -0.2) is 4.98 Å². The van der Waals surface area contributed by atoms with E-state index in [2.05, 4.69) is 25.3 Å². The topological polar surface area (TPSA) is 93.4 Å². The SMILES string of the molecule is CCOCCCNC(=O)C1CCN(c2ncnc3onc(C)c23)CC1. The maximum absolute atomic E-state index is 12.3. The number of aromatic nitrogens is 3. The van der Waals surface area contributed by atoms with Crippen LogP contribution >= 0.6 is 0 Å². The lowest BCUT2D eigenvalue weighted by molar-refractivity contribution is -0.125. The van der Waals surface area contributed by atoms with Gasteiger partial charge in [-0.15, -0.1) is 0 Å². The smallest absolute Gasteiger partial charge is 0.263 e. The number of piperidine rings is 1. The van der Waals surface area contributed by atoms with Crippen LogP contribution in [0.4, 0.5) is 5.82 Å². The number of hydrogen-bond acceptors (Lipinski definition) is 7. The highest BCUT2D eigenvalue weighted by atomic mass is 16.5. The number of nitrogens with one attached hydrogen (secondary N) is 1. The monoisotopic (exact) mass is 347 g/mol. The van der Waals surface area contributed by atoms with Crippen molar-refractivity contribution in [2.24, 2.45) is 5.92 Å². The Kier molecular flexibility index (Phi) is 5.80. The molecule has 0 saturated carbocycles. The van der Waals surface area contributed by atoms with Crippen LogP contribution in [-0.2, 0) is 9.53 Å². The van der Waals surface area contributed by atoms with Gasteiger partial charge in [-0.05, 0) is 33.1 Å². The third-order valence-corrected chi connectivity index (χ3v) is 4.56. The van der Waals surface area contributed by atoms with Crippen molar-refractivity contribution >= 4 is 22.8 Å². The number of nitrogens with zero attached hydrogens (tertiary/aromatic N) is 4. The fourth-order valence-electron chi connectivity index (χ4n) is 3.17. The van der Waals surface area contributed by atoms with E-state index in [-0.39, 0.29) is 11.8 Å². The summed E-state index contributed by atoms with van der Waals surface area (Å²) in [5.41, 5.74) is 1.30. The molecular formula is C17H25N5O3. The average molecular weight is 347 g/mol. The van der Waals surface area contributed by atoms with Gasteiger partial charge in [0.2, 0.25) is 5.91 Å². The second-order valence-corrected chi connectivity index (χ2v) is 6.25. The summed E-state index contributed by atoms with van der Waals surface area (Å²) in [6.07, 6.45) is 3.98. The second-order valence-electron chi connectivity index (χ2n) is 6.25. The molecule has 136 valence electrons. The van der Waals surface area contributed by atoms with E-state index in [0.29, 0.717) is 25.5 Å². The molecule has 0 atom stereocenters. The second kappa shape index (κ2) is 8.24. The zero-order valence-corrected chi connectivity index (χ0v) is 14.8. The van der Waals surface area contributed by atoms with Crippen molar-refractivity contribution in [1.29, 1.82) is 0 Å². The van der Waals surface area contributed by atoms with Crippen LogP contribution in [0.2, 0.25) is 0 Å². The van der Waals surface area contributed by atoms with Crippen LogP contribution in [-0.4, -0.2) is 53.9 Å². The van der Waals surface area contributed by atoms with Crippen molar-refractivity contribution in [3.63, 3.8) is 0 Å². The molecule has 0 aromatic carbocycles. The number of carbonyl (C=O) groups is 1. The number of rotatable bonds is 7. The van der Waals surface area contributed by atoms with Gasteiger partial charge in [0, 0.05) is 38.8 Å². The molecule has 0 radical (unpaired) electrons. The molecule has 1 aliphatic heterocycles. The van der Waals surface area contributed by atoms with Gasteiger partial charge < -0.3 is 19.5 Å². The molecule has 3 heterocycles. The zero-order valence-electron chi connectivity index (χ0n) is 14.8. The molecule has 25 heavy (non-hydrogen) atoms. The minimum absolute atomic E-state index is 0.0595. The van der Waals surface area contributed by atoms with E-state index < -0.39 is 0 Å². The number of anilines is 1. The maximum Gasteiger partial charge on any atom is 0.263 e. The van der Waals surface area contributed by atoms with Gasteiger partial charge in [0.25, 0.3) is 5.71 Å². The van der Waals surface area contributed by atoms with Crippen LogP contribution in [0.1, 0.15) is 31.9 Å². The summed E-state index contributed by atoms with van der Waals surface area (Å²) in [5.74, 6) is 1.05. The van der Waals surface area contributed by atoms with Crippen LogP contribution in [0.3, 0.4) is 0 Å². The highest BCUT2D eigenvalue weighted by Gasteiger charge is 2.27. The Balaban J connectivity index is 1.53. The fourth-order valence-corrected chi connectivity index (χ4v) is 3.17. The van der Waals surface area contributed by atoms with Crippen molar-refractivity contribution < 1.29 is 14.1 Å². The molecule has 0 spiro atoms. The zero-order chi connectivity index (χ0) is 17.6. The first kappa shape index (κ1) is 17.6. The van der Waals surface area contributed by atoms with Crippen molar-refractivity contribution in [3.05, 3.63) is 12.0 Å². The van der Waals surface area contributed by atoms with E-state index in [1.165, 1.54) is 6.33 Å². The summed E-state index contributed by atoms with van der Waals surface area (Å²) >= 11 is 0. The number of carbonyl (C=O) groups excluding carboxylic acids is 1. The molecule has 2 aromatic rings. The molecule has 1 aliphatic rings. The molecule has 8 nitrogen and oxygen atoms in total. The minimum Gasteiger partial charge on any atom is -0.382 e. The number of amides is 1. The lowest BCUT2D eigenvalue weighted by Crippen LogP contribution is -2.41. The summed E-state index contributed by atoms with van der Waals surface area (Å²) in [7, 11) is 0. The molecule has 1 saturated heterocycles. The summed E-state index contributed by atoms with van der Waals surface area (Å²) in [6.45, 7) is 7.51. The molecule has 1 N–H and O–H groups in total. The van der Waals surface area contributed by atoms with Crippen LogP contribution in [0.5, 0.6) is 0 Å². The summed E-state index contributed by atoms with van der Waals surface area (Å²) < 4.78 is 10.5. The molecule has 0 unspecified atom stereocenters. The average Bonchev–Trinajstić information content (AvgIpc) is 3.03. The standard InChI is InChI=1S/C17H25N5O3/c1-3-24-10-4-7-18-16(23)13-5-8-22(9-6-13)15-14-12(2)21-25-17(14)20-11-19-15/h11,13H,3-10H2,1-2H3,(H,18,23). The van der Waals surface area contributed by atoms with Crippen LogP contribution < -0.4 is 10.2 Å². The van der Waals surface area contributed by atoms with Gasteiger partial charge >= 0.3 is 0 Å². The van der Waals surface area contributed by atoms with E-state index in [1.807, 2.05) is 13.8 Å². The maximum atomic E-state index is 12.3. The molecule has 1 fully saturated rings. The van der Waals surface area contributed by atoms with E-state index in [1.54, 1.807) is 0 Å². The summed E-state index contributed by atoms with van der Waals surface area (Å²) in [4.78, 5) is 23.0. The highest BCUT2D eigenvalue weighted by Crippen LogP contribution is 2.29. The number of fused-ring (bicyclic) bond motifs is 1. The highest BCUT2D eigenvalue weighted by molar-refractivity contribution is 5.88. The van der Waals surface area contributed by atoms with E-state index >= 15 is 0 Å². The molecule has 0 aliphatic carbocycles. The van der Waals surface area contributed by atoms with E-state index in [0.717, 1.165) is 49.2 Å². The molecular weight excluding hydrogens is 322 g/mol. The Morgan fingerprint density at radius 1 is 1.40 bits per heavy atom. The first-order chi connectivity index (χ1) is 12.2. The summed E-state index contributed by atoms with van der Waals surface area (Å²) in [6, 6.07) is 0. The van der Waals surface area contributed by atoms with Crippen LogP contribution in [0, 0.1) is 12.8 Å². The number of aryl methyl sites for hydroxylation is 1. The van der Waals surface area contributed by atoms with E-state index in [4.69, 9.17) is 9.26 Å². The third kappa shape index (κ3) is 4.07. The normalized spacial score (nSPS) is 15.7. The predicted molar refractivity (Wildman–Crippen MR) is 93.4 cm³/mol. The quantitative estimate of drug-likeness (QED) is 0.762. The Morgan fingerprint density at radius 3 is 2.96 bits per heavy atom. The number of ether oxygens (including phenoxy) is 1. The van der Waals surface area contributed by atoms with Crippen molar-refractivity contribution in [3.8, 4) is 0 Å². The first-order valence-corrected chi connectivity index (χ1v) is 8.88. The van der Waals surface area contributed by atoms with E-state index in [9.17, 15) is 4.79 Å². The number of hydrogen-bond donors (Lipinski definition) is 1. The fraction of sp³-hybridized carbons (Fsp3) is 0.647. The third-order valence-electron chi connectivity index (χ3n) is 4.56. The minimum atomic E-state index is 0.0595. The van der Waals surface area contributed by atoms with Crippen molar-refractivity contribution in [2.45, 2.75) is 33.1 Å². The predicted octanol–water partition coefficient (Wildman–Crippen LogP) is 1.69. The van der Waals surface area contributed by atoms with Gasteiger partial charge in [-0.1, -0.05) is 5.16 Å². The van der Waals surface area contributed by atoms with Crippen molar-refractivity contribution in [2.75, 3.05) is 37.7 Å². The van der Waals surface area contributed by atoms with Gasteiger partial charge in [0.05, 0.1) is 5.69 Å². The summed E-state index contributed by atoms with van der Waals surface area (Å²) in [5, 5.41) is 7.85. The van der Waals surface area contributed by atoms with Crippen LogP contribution in [0.25, 0.3) is 11.1 Å². The molecule has 1 amide bonds. The Morgan fingerprint density at radius 2 is 2.20 bits per heavy atom. The molecule has 8 heteroatoms. The molecule has 2 aromatic heterocycles. The van der Waals surface area contributed by atoms with Gasteiger partial charge in [0.15, 0.2) is 0 Å². The van der Waals surface area contributed by atoms with Gasteiger partial charge in [-0.3, -0.25) is 4.79 Å². The molecule has 0 bridgehead atoms. The van der Waals surface area contributed by atoms with Crippen LogP contribution in [0.15, 0.2) is 10.9 Å². The molecule has 3 rings (SSSR count). The van der Waals surface area contributed by atoms with Gasteiger partial charge in [0.1, 0.15) is 17.5 Å².